The van der Waals surface area contributed by atoms with Crippen LogP contribution in [0.5, 0.6) is 0 Å². The lowest BCUT2D eigenvalue weighted by molar-refractivity contribution is 0.101. The highest BCUT2D eigenvalue weighted by Gasteiger charge is 2.21. The van der Waals surface area contributed by atoms with Gasteiger partial charge in [0, 0.05) is 16.7 Å². The standard InChI is InChI=1S/C16H7Br2Cl2N5OS/c17-7-3-4-8(19)12-13(7)27-24-14(12)22-16(26)10-6-11(18)23-25(10)15-9(20)2-1-5-21-15/h1-6H,(H,22,24,26). The number of anilines is 1. The zero-order valence-electron chi connectivity index (χ0n) is 13.1. The number of pyridine rings is 1. The van der Waals surface area contributed by atoms with Gasteiger partial charge in [0.1, 0.15) is 10.3 Å². The number of benzene rings is 1. The minimum atomic E-state index is -0.418. The molecule has 1 amide bonds. The molecule has 1 N–H and O–H groups in total. The van der Waals surface area contributed by atoms with Crippen LogP contribution in [0.15, 0.2) is 45.6 Å². The van der Waals surface area contributed by atoms with Gasteiger partial charge in [-0.1, -0.05) is 23.2 Å². The lowest BCUT2D eigenvalue weighted by atomic mass is 10.2. The maximum absolute atomic E-state index is 12.9. The van der Waals surface area contributed by atoms with Crippen LogP contribution >= 0.6 is 66.6 Å². The van der Waals surface area contributed by atoms with Gasteiger partial charge in [-0.25, -0.2) is 9.67 Å². The summed E-state index contributed by atoms with van der Waals surface area (Å²) in [6.07, 6.45) is 1.57. The largest absolute Gasteiger partial charge is 0.304 e. The third-order valence-corrected chi connectivity index (χ3v) is 6.41. The molecule has 3 heterocycles. The maximum Gasteiger partial charge on any atom is 0.275 e. The molecular weight excluding hydrogens is 541 g/mol. The van der Waals surface area contributed by atoms with E-state index < -0.39 is 5.91 Å². The number of aromatic nitrogens is 4. The monoisotopic (exact) mass is 545 g/mol. The molecule has 3 aromatic heterocycles. The van der Waals surface area contributed by atoms with Crippen molar-refractivity contribution >= 4 is 88.4 Å². The van der Waals surface area contributed by atoms with Crippen molar-refractivity contribution in [3.05, 3.63) is 61.3 Å². The van der Waals surface area contributed by atoms with E-state index in [9.17, 15) is 4.79 Å². The Bertz CT molecular complexity index is 1190. The highest BCUT2D eigenvalue weighted by Crippen LogP contribution is 2.38. The highest BCUT2D eigenvalue weighted by molar-refractivity contribution is 9.11. The number of hydrogen-bond donors (Lipinski definition) is 1. The van der Waals surface area contributed by atoms with E-state index in [4.69, 9.17) is 23.2 Å². The van der Waals surface area contributed by atoms with E-state index in [0.717, 1.165) is 9.17 Å². The van der Waals surface area contributed by atoms with Crippen LogP contribution in [0.2, 0.25) is 10.0 Å². The second kappa shape index (κ2) is 7.48. The van der Waals surface area contributed by atoms with Crippen LogP contribution in [-0.2, 0) is 0 Å². The van der Waals surface area contributed by atoms with Crippen molar-refractivity contribution in [1.29, 1.82) is 0 Å². The van der Waals surface area contributed by atoms with Crippen molar-refractivity contribution in [3.8, 4) is 5.82 Å². The number of carbonyl (C=O) groups excluding carboxylic acids is 1. The van der Waals surface area contributed by atoms with Crippen molar-refractivity contribution in [2.45, 2.75) is 0 Å². The third-order valence-electron chi connectivity index (χ3n) is 3.61. The normalized spacial score (nSPS) is 11.1. The number of halogens is 4. The Morgan fingerprint density at radius 3 is 2.78 bits per heavy atom. The molecule has 0 radical (unpaired) electrons. The molecule has 0 atom stereocenters. The fraction of sp³-hybridized carbons (Fsp3) is 0. The topological polar surface area (TPSA) is 72.7 Å². The Labute approximate surface area is 183 Å². The Hall–Kier alpha value is -1.52. The summed E-state index contributed by atoms with van der Waals surface area (Å²) in [6, 6.07) is 8.53. The third kappa shape index (κ3) is 3.50. The summed E-state index contributed by atoms with van der Waals surface area (Å²) in [5, 5.41) is 8.60. The van der Waals surface area contributed by atoms with Crippen LogP contribution in [0.1, 0.15) is 10.5 Å². The second-order valence-corrected chi connectivity index (χ2v) is 8.55. The maximum atomic E-state index is 12.9. The average Bonchev–Trinajstić information content (AvgIpc) is 3.23. The van der Waals surface area contributed by atoms with E-state index in [1.165, 1.54) is 16.2 Å². The van der Waals surface area contributed by atoms with Gasteiger partial charge in [-0.3, -0.25) is 4.79 Å². The van der Waals surface area contributed by atoms with Gasteiger partial charge in [-0.05, 0) is 67.7 Å². The lowest BCUT2D eigenvalue weighted by Crippen LogP contribution is -2.18. The first-order valence-corrected chi connectivity index (χ1v) is 10.5. The van der Waals surface area contributed by atoms with Gasteiger partial charge >= 0.3 is 0 Å². The summed E-state index contributed by atoms with van der Waals surface area (Å²) >= 11 is 20.5. The molecular formula is C16H7Br2Cl2N5OS. The van der Waals surface area contributed by atoms with Crippen LogP contribution in [-0.4, -0.2) is 25.0 Å². The molecule has 136 valence electrons. The van der Waals surface area contributed by atoms with E-state index >= 15 is 0 Å². The van der Waals surface area contributed by atoms with Crippen molar-refractivity contribution in [2.75, 3.05) is 5.32 Å². The number of nitrogens with zero attached hydrogens (tertiary/aromatic N) is 4. The molecule has 0 bridgehead atoms. The molecule has 4 aromatic rings. The van der Waals surface area contributed by atoms with E-state index in [1.54, 1.807) is 30.5 Å². The van der Waals surface area contributed by atoms with Crippen LogP contribution < -0.4 is 5.32 Å². The van der Waals surface area contributed by atoms with Crippen molar-refractivity contribution in [2.24, 2.45) is 0 Å². The lowest BCUT2D eigenvalue weighted by Gasteiger charge is -2.08. The Morgan fingerprint density at radius 1 is 1.19 bits per heavy atom. The zero-order chi connectivity index (χ0) is 19.1. The SMILES string of the molecule is O=C(Nc1nsc2c(Br)ccc(Cl)c12)c1cc(Br)nn1-c1ncccc1Cl. The van der Waals surface area contributed by atoms with Crippen molar-refractivity contribution < 1.29 is 4.79 Å². The molecule has 6 nitrogen and oxygen atoms in total. The van der Waals surface area contributed by atoms with E-state index in [-0.39, 0.29) is 5.69 Å². The molecule has 0 spiro atoms. The van der Waals surface area contributed by atoms with Gasteiger partial charge in [-0.2, -0.15) is 9.47 Å². The second-order valence-electron chi connectivity index (χ2n) is 5.29. The van der Waals surface area contributed by atoms with Gasteiger partial charge in [-0.15, -0.1) is 0 Å². The van der Waals surface area contributed by atoms with Gasteiger partial charge in [0.05, 0.1) is 20.1 Å². The molecule has 0 aliphatic heterocycles. The summed E-state index contributed by atoms with van der Waals surface area (Å²) in [5.41, 5.74) is 0.245. The molecule has 27 heavy (non-hydrogen) atoms. The summed E-state index contributed by atoms with van der Waals surface area (Å²) in [7, 11) is 0. The summed E-state index contributed by atoms with van der Waals surface area (Å²) < 4.78 is 7.86. The van der Waals surface area contributed by atoms with Crippen LogP contribution in [0, 0.1) is 0 Å². The first-order chi connectivity index (χ1) is 13.0. The molecule has 1 aromatic carbocycles. The Kier molecular flexibility index (Phi) is 5.21. The fourth-order valence-corrected chi connectivity index (χ4v) is 4.65. The Morgan fingerprint density at radius 2 is 2.00 bits per heavy atom. The van der Waals surface area contributed by atoms with Crippen molar-refractivity contribution in [3.63, 3.8) is 0 Å². The molecule has 0 aliphatic carbocycles. The summed E-state index contributed by atoms with van der Waals surface area (Å²) in [5.74, 6) is 0.305. The number of carbonyl (C=O) groups is 1. The van der Waals surface area contributed by atoms with E-state index in [1.807, 2.05) is 6.07 Å². The minimum Gasteiger partial charge on any atom is -0.304 e. The molecule has 0 saturated carbocycles. The molecule has 11 heteroatoms. The molecule has 0 unspecified atom stereocenters. The molecule has 0 saturated heterocycles. The van der Waals surface area contributed by atoms with Gasteiger partial charge in [0.25, 0.3) is 5.91 Å². The van der Waals surface area contributed by atoms with Gasteiger partial charge in [0.15, 0.2) is 11.6 Å². The van der Waals surface area contributed by atoms with Gasteiger partial charge in [0.2, 0.25) is 0 Å². The first kappa shape index (κ1) is 18.8. The van der Waals surface area contributed by atoms with E-state index in [2.05, 4.69) is 51.6 Å². The average molecular weight is 548 g/mol. The minimum absolute atomic E-state index is 0.245. The summed E-state index contributed by atoms with van der Waals surface area (Å²) in [4.78, 5) is 17.1. The first-order valence-electron chi connectivity index (χ1n) is 7.37. The molecule has 0 fully saturated rings. The van der Waals surface area contributed by atoms with Gasteiger partial charge < -0.3 is 5.32 Å². The number of amides is 1. The van der Waals surface area contributed by atoms with Crippen LogP contribution in [0.3, 0.4) is 0 Å². The van der Waals surface area contributed by atoms with E-state index in [0.29, 0.717) is 31.7 Å². The number of fused-ring (bicyclic) bond motifs is 1. The van der Waals surface area contributed by atoms with Crippen LogP contribution in [0.25, 0.3) is 15.9 Å². The number of nitrogens with one attached hydrogen (secondary N) is 1. The summed E-state index contributed by atoms with van der Waals surface area (Å²) in [6.45, 7) is 0. The predicted octanol–water partition coefficient (Wildman–Crippen LogP) is 5.96. The quantitative estimate of drug-likeness (QED) is 0.343. The Balaban J connectivity index is 1.76. The molecule has 4 rings (SSSR count). The van der Waals surface area contributed by atoms with Crippen LogP contribution in [0.4, 0.5) is 5.82 Å². The smallest absolute Gasteiger partial charge is 0.275 e. The van der Waals surface area contributed by atoms with Crippen molar-refractivity contribution in [1.82, 2.24) is 19.1 Å². The molecule has 0 aliphatic rings. The fourth-order valence-electron chi connectivity index (χ4n) is 2.45. The zero-order valence-corrected chi connectivity index (χ0v) is 18.6. The number of rotatable bonds is 3. The highest BCUT2D eigenvalue weighted by atomic mass is 79.9. The predicted molar refractivity (Wildman–Crippen MR) is 114 cm³/mol. The number of hydrogen-bond acceptors (Lipinski definition) is 5.